The van der Waals surface area contributed by atoms with Gasteiger partial charge >= 0.3 is 0 Å². The zero-order valence-electron chi connectivity index (χ0n) is 15.3. The molecule has 3 rings (SSSR count). The highest BCUT2D eigenvalue weighted by molar-refractivity contribution is 7.89. The summed E-state index contributed by atoms with van der Waals surface area (Å²) >= 11 is 7.71. The standard InChI is InChI=1S/C20H17ClN2O4S2/c1-27-17-9-6-13(12-19(17)29(22,25)26)23-20(24)11-8-14-7-10-18(28-14)15-4-2-3-5-16(15)21/h2-12H,1H3,(H,23,24)(H2,22,25,26)/b11-8+. The number of carbonyl (C=O) groups is 1. The maximum absolute atomic E-state index is 12.2. The van der Waals surface area contributed by atoms with Crippen molar-refractivity contribution in [3.8, 4) is 16.2 Å². The van der Waals surface area contributed by atoms with Crippen molar-refractivity contribution < 1.29 is 17.9 Å². The van der Waals surface area contributed by atoms with Crippen LogP contribution in [-0.4, -0.2) is 21.4 Å². The monoisotopic (exact) mass is 448 g/mol. The van der Waals surface area contributed by atoms with Crippen LogP contribution in [0.3, 0.4) is 0 Å². The number of thiophene rings is 1. The van der Waals surface area contributed by atoms with Crippen LogP contribution in [0, 0.1) is 0 Å². The maximum atomic E-state index is 12.2. The van der Waals surface area contributed by atoms with Crippen LogP contribution < -0.4 is 15.2 Å². The van der Waals surface area contributed by atoms with Crippen LogP contribution in [-0.2, 0) is 14.8 Å². The van der Waals surface area contributed by atoms with Crippen molar-refractivity contribution in [2.75, 3.05) is 12.4 Å². The summed E-state index contributed by atoms with van der Waals surface area (Å²) in [6.45, 7) is 0. The predicted octanol–water partition coefficient (Wildman–Crippen LogP) is 4.38. The van der Waals surface area contributed by atoms with Crippen LogP contribution in [0.5, 0.6) is 5.75 Å². The number of nitrogens with one attached hydrogen (secondary N) is 1. The van der Waals surface area contributed by atoms with Gasteiger partial charge in [0.05, 0.1) is 7.11 Å². The number of rotatable bonds is 6. The van der Waals surface area contributed by atoms with E-state index in [1.807, 2.05) is 36.4 Å². The molecule has 0 saturated carbocycles. The molecular weight excluding hydrogens is 432 g/mol. The normalized spacial score (nSPS) is 11.6. The molecule has 0 aliphatic rings. The molecule has 3 N–H and O–H groups in total. The summed E-state index contributed by atoms with van der Waals surface area (Å²) in [6.07, 6.45) is 3.04. The van der Waals surface area contributed by atoms with Gasteiger partial charge in [-0.1, -0.05) is 29.8 Å². The van der Waals surface area contributed by atoms with Gasteiger partial charge < -0.3 is 10.1 Å². The lowest BCUT2D eigenvalue weighted by Gasteiger charge is -2.09. The summed E-state index contributed by atoms with van der Waals surface area (Å²) in [5.41, 5.74) is 1.21. The number of carbonyl (C=O) groups excluding carboxylic acids is 1. The number of sulfonamides is 1. The van der Waals surface area contributed by atoms with Crippen LogP contribution in [0.2, 0.25) is 5.02 Å². The number of methoxy groups -OCH3 is 1. The molecule has 1 heterocycles. The number of ether oxygens (including phenoxy) is 1. The number of primary sulfonamides is 1. The van der Waals surface area contributed by atoms with Crippen molar-refractivity contribution in [1.82, 2.24) is 0 Å². The molecule has 0 radical (unpaired) electrons. The van der Waals surface area contributed by atoms with Crippen molar-refractivity contribution in [1.29, 1.82) is 0 Å². The molecule has 1 amide bonds. The number of halogens is 1. The molecule has 0 saturated heterocycles. The van der Waals surface area contributed by atoms with Crippen LogP contribution in [0.1, 0.15) is 4.88 Å². The number of nitrogens with two attached hydrogens (primary N) is 1. The van der Waals surface area contributed by atoms with Gasteiger partial charge in [-0.2, -0.15) is 0 Å². The van der Waals surface area contributed by atoms with Crippen molar-refractivity contribution in [3.63, 3.8) is 0 Å². The Morgan fingerprint density at radius 2 is 1.93 bits per heavy atom. The zero-order chi connectivity index (χ0) is 21.0. The summed E-state index contributed by atoms with van der Waals surface area (Å²) in [5, 5.41) is 8.45. The fourth-order valence-corrected chi connectivity index (χ4v) is 4.53. The van der Waals surface area contributed by atoms with Gasteiger partial charge in [-0.25, -0.2) is 13.6 Å². The second-order valence-electron chi connectivity index (χ2n) is 5.92. The second-order valence-corrected chi connectivity index (χ2v) is 8.97. The Bertz CT molecular complexity index is 1190. The van der Waals surface area contributed by atoms with Gasteiger partial charge in [-0.05, 0) is 42.5 Å². The van der Waals surface area contributed by atoms with Crippen LogP contribution in [0.25, 0.3) is 16.5 Å². The van der Waals surface area contributed by atoms with Gasteiger partial charge in [0, 0.05) is 32.1 Å². The van der Waals surface area contributed by atoms with E-state index in [0.717, 1.165) is 15.3 Å². The minimum absolute atomic E-state index is 0.103. The lowest BCUT2D eigenvalue weighted by atomic mass is 10.2. The second kappa shape index (κ2) is 8.79. The molecule has 150 valence electrons. The van der Waals surface area contributed by atoms with Gasteiger partial charge in [0.25, 0.3) is 0 Å². The average Bonchev–Trinajstić information content (AvgIpc) is 3.15. The first-order valence-corrected chi connectivity index (χ1v) is 11.1. The van der Waals surface area contributed by atoms with Crippen molar-refractivity contribution in [3.05, 3.63) is 70.6 Å². The Morgan fingerprint density at radius 1 is 1.17 bits per heavy atom. The van der Waals surface area contributed by atoms with E-state index in [1.165, 1.54) is 42.7 Å². The Balaban J connectivity index is 1.73. The highest BCUT2D eigenvalue weighted by Crippen LogP contribution is 2.33. The van der Waals surface area contributed by atoms with Crippen LogP contribution in [0.4, 0.5) is 5.69 Å². The lowest BCUT2D eigenvalue weighted by molar-refractivity contribution is -0.111. The topological polar surface area (TPSA) is 98.5 Å². The first-order chi connectivity index (χ1) is 13.8. The summed E-state index contributed by atoms with van der Waals surface area (Å²) in [5.74, 6) is -0.310. The summed E-state index contributed by atoms with van der Waals surface area (Å²) in [4.78, 5) is 13.9. The smallest absolute Gasteiger partial charge is 0.248 e. The van der Waals surface area contributed by atoms with E-state index in [1.54, 1.807) is 6.08 Å². The van der Waals surface area contributed by atoms with E-state index in [-0.39, 0.29) is 16.3 Å². The third-order valence-electron chi connectivity index (χ3n) is 3.90. The quantitative estimate of drug-likeness (QED) is 0.547. The SMILES string of the molecule is COc1ccc(NC(=O)/C=C/c2ccc(-c3ccccc3Cl)s2)cc1S(N)(=O)=O. The molecule has 0 atom stereocenters. The van der Waals surface area contributed by atoms with Gasteiger partial charge in [0.1, 0.15) is 10.6 Å². The minimum atomic E-state index is -3.99. The molecule has 2 aromatic carbocycles. The highest BCUT2D eigenvalue weighted by Gasteiger charge is 2.16. The fourth-order valence-electron chi connectivity index (χ4n) is 2.57. The van der Waals surface area contributed by atoms with E-state index >= 15 is 0 Å². The van der Waals surface area contributed by atoms with Gasteiger partial charge in [-0.15, -0.1) is 11.3 Å². The molecule has 29 heavy (non-hydrogen) atoms. The lowest BCUT2D eigenvalue weighted by Crippen LogP contribution is -2.15. The summed E-state index contributed by atoms with van der Waals surface area (Å²) < 4.78 is 28.3. The molecular formula is C20H17ClN2O4S2. The number of amides is 1. The Hall–Kier alpha value is -2.65. The molecule has 9 heteroatoms. The third-order valence-corrected chi connectivity index (χ3v) is 6.25. The van der Waals surface area contributed by atoms with E-state index < -0.39 is 15.9 Å². The minimum Gasteiger partial charge on any atom is -0.495 e. The molecule has 1 aromatic heterocycles. The molecule has 0 spiro atoms. The first kappa shape index (κ1) is 21.1. The van der Waals surface area contributed by atoms with Gasteiger partial charge in [-0.3, -0.25) is 4.79 Å². The molecule has 3 aromatic rings. The molecule has 0 bridgehead atoms. The van der Waals surface area contributed by atoms with E-state index in [9.17, 15) is 13.2 Å². The third kappa shape index (κ3) is 5.24. The number of anilines is 1. The molecule has 0 fully saturated rings. The Morgan fingerprint density at radius 3 is 2.62 bits per heavy atom. The first-order valence-electron chi connectivity index (χ1n) is 8.32. The molecule has 6 nitrogen and oxygen atoms in total. The largest absolute Gasteiger partial charge is 0.495 e. The Kier molecular flexibility index (Phi) is 6.39. The van der Waals surface area contributed by atoms with Gasteiger partial charge in [0.15, 0.2) is 0 Å². The van der Waals surface area contributed by atoms with Gasteiger partial charge in [0.2, 0.25) is 15.9 Å². The molecule has 0 unspecified atom stereocenters. The van der Waals surface area contributed by atoms with Crippen molar-refractivity contribution >= 4 is 50.6 Å². The molecule has 0 aliphatic carbocycles. The highest BCUT2D eigenvalue weighted by atomic mass is 35.5. The van der Waals surface area contributed by atoms with Crippen molar-refractivity contribution in [2.45, 2.75) is 4.90 Å². The summed E-state index contributed by atoms with van der Waals surface area (Å²) in [7, 11) is -2.65. The van der Waals surface area contributed by atoms with Crippen LogP contribution >= 0.6 is 22.9 Å². The fraction of sp³-hybridized carbons (Fsp3) is 0.0500. The maximum Gasteiger partial charge on any atom is 0.248 e. The van der Waals surface area contributed by atoms with Crippen LogP contribution in [0.15, 0.2) is 65.6 Å². The van der Waals surface area contributed by atoms with Crippen molar-refractivity contribution in [2.24, 2.45) is 5.14 Å². The number of benzene rings is 2. The molecule has 0 aliphatic heterocycles. The van der Waals surface area contributed by atoms with E-state index in [0.29, 0.717) is 5.02 Å². The van der Waals surface area contributed by atoms with E-state index in [2.05, 4.69) is 5.32 Å². The number of hydrogen-bond acceptors (Lipinski definition) is 5. The average molecular weight is 449 g/mol. The zero-order valence-corrected chi connectivity index (χ0v) is 17.6. The number of hydrogen-bond donors (Lipinski definition) is 2. The van der Waals surface area contributed by atoms with E-state index in [4.69, 9.17) is 21.5 Å². The summed E-state index contributed by atoms with van der Waals surface area (Å²) in [6, 6.07) is 15.6. The predicted molar refractivity (Wildman–Crippen MR) is 117 cm³/mol. The Labute approximate surface area is 177 Å².